The van der Waals surface area contributed by atoms with E-state index in [1.165, 1.54) is 7.11 Å². The van der Waals surface area contributed by atoms with Gasteiger partial charge >= 0.3 is 6.18 Å². The van der Waals surface area contributed by atoms with E-state index < -0.39 is 24.7 Å². The minimum absolute atomic E-state index is 0.116. The Bertz CT molecular complexity index is 434. The van der Waals surface area contributed by atoms with Crippen LogP contribution < -0.4 is 10.1 Å². The summed E-state index contributed by atoms with van der Waals surface area (Å²) in [6.45, 7) is -0.864. The molecule has 1 aromatic carbocycles. The van der Waals surface area contributed by atoms with Crippen LogP contribution in [0.5, 0.6) is 5.75 Å². The Morgan fingerprint density at radius 3 is 2.63 bits per heavy atom. The van der Waals surface area contributed by atoms with Crippen molar-refractivity contribution in [3.63, 3.8) is 0 Å². The fourth-order valence-corrected chi connectivity index (χ4v) is 1.41. The van der Waals surface area contributed by atoms with Gasteiger partial charge in [0.25, 0.3) is 0 Å². The smallest absolute Gasteiger partial charge is 0.416 e. The molecule has 1 amide bonds. The molecule has 2 N–H and O–H groups in total. The highest BCUT2D eigenvalue weighted by Gasteiger charge is 2.38. The van der Waals surface area contributed by atoms with Crippen molar-refractivity contribution in [3.05, 3.63) is 29.8 Å². The van der Waals surface area contributed by atoms with E-state index in [9.17, 15) is 18.0 Å². The number of ether oxygens (including phenoxy) is 1. The lowest BCUT2D eigenvalue weighted by molar-refractivity contribution is -0.201. The second kappa shape index (κ2) is 6.42. The van der Waals surface area contributed by atoms with Crippen molar-refractivity contribution in [1.82, 2.24) is 5.32 Å². The van der Waals surface area contributed by atoms with Gasteiger partial charge in [-0.15, -0.1) is 0 Å². The highest BCUT2D eigenvalue weighted by molar-refractivity contribution is 5.79. The number of methoxy groups -OCH3 is 1. The number of hydrogen-bond acceptors (Lipinski definition) is 3. The molecule has 0 fully saturated rings. The van der Waals surface area contributed by atoms with E-state index >= 15 is 0 Å². The summed E-state index contributed by atoms with van der Waals surface area (Å²) in [4.78, 5) is 11.5. The molecular weight excluding hydrogens is 263 g/mol. The van der Waals surface area contributed by atoms with Gasteiger partial charge in [0.1, 0.15) is 5.75 Å². The number of amides is 1. The zero-order chi connectivity index (χ0) is 14.5. The van der Waals surface area contributed by atoms with Crippen LogP contribution in [-0.2, 0) is 11.2 Å². The van der Waals surface area contributed by atoms with Crippen LogP contribution in [0.3, 0.4) is 0 Å². The van der Waals surface area contributed by atoms with Crippen LogP contribution in [0, 0.1) is 0 Å². The zero-order valence-electron chi connectivity index (χ0n) is 10.2. The lowest BCUT2D eigenvalue weighted by Crippen LogP contribution is -2.41. The largest absolute Gasteiger partial charge is 0.496 e. The average Bonchev–Trinajstić information content (AvgIpc) is 2.35. The van der Waals surface area contributed by atoms with Crippen LogP contribution in [0.15, 0.2) is 24.3 Å². The zero-order valence-corrected chi connectivity index (χ0v) is 10.2. The molecule has 1 rings (SSSR count). The van der Waals surface area contributed by atoms with Crippen LogP contribution in [-0.4, -0.2) is 36.9 Å². The number of halogens is 3. The Labute approximate surface area is 108 Å². The Balaban J connectivity index is 2.52. The summed E-state index contributed by atoms with van der Waals surface area (Å²) in [6, 6.07) is 6.69. The second-order valence-electron chi connectivity index (χ2n) is 3.85. The Morgan fingerprint density at radius 1 is 1.42 bits per heavy atom. The van der Waals surface area contributed by atoms with Crippen molar-refractivity contribution in [3.8, 4) is 5.75 Å². The monoisotopic (exact) mass is 277 g/mol. The minimum Gasteiger partial charge on any atom is -0.496 e. The quantitative estimate of drug-likeness (QED) is 0.852. The van der Waals surface area contributed by atoms with Gasteiger partial charge in [0, 0.05) is 5.56 Å². The predicted molar refractivity (Wildman–Crippen MR) is 61.8 cm³/mol. The minimum atomic E-state index is -4.74. The third-order valence-electron chi connectivity index (χ3n) is 2.41. The molecule has 0 bridgehead atoms. The van der Waals surface area contributed by atoms with Crippen molar-refractivity contribution in [2.75, 3.05) is 13.7 Å². The first-order valence-corrected chi connectivity index (χ1v) is 5.48. The lowest BCUT2D eigenvalue weighted by atomic mass is 10.1. The van der Waals surface area contributed by atoms with Gasteiger partial charge in [0.2, 0.25) is 5.91 Å². The summed E-state index contributed by atoms with van der Waals surface area (Å²) in [5.41, 5.74) is 0.559. The highest BCUT2D eigenvalue weighted by atomic mass is 19.4. The van der Waals surface area contributed by atoms with Crippen LogP contribution in [0.1, 0.15) is 5.56 Å². The summed E-state index contributed by atoms with van der Waals surface area (Å²) in [6.07, 6.45) is -7.42. The summed E-state index contributed by atoms with van der Waals surface area (Å²) in [5, 5.41) is 10.8. The average molecular weight is 277 g/mol. The normalized spacial score (nSPS) is 12.9. The summed E-state index contributed by atoms with van der Waals surface area (Å²) in [5.74, 6) is -0.137. The molecule has 106 valence electrons. The number of aliphatic hydroxyl groups excluding tert-OH is 1. The number of aliphatic hydroxyl groups is 1. The van der Waals surface area contributed by atoms with Crippen LogP contribution in [0.4, 0.5) is 13.2 Å². The first-order chi connectivity index (χ1) is 8.84. The third-order valence-corrected chi connectivity index (χ3v) is 2.41. The summed E-state index contributed by atoms with van der Waals surface area (Å²) in [7, 11) is 1.43. The number of benzene rings is 1. The maximum Gasteiger partial charge on any atom is 0.416 e. The maximum atomic E-state index is 12.0. The van der Waals surface area contributed by atoms with Gasteiger partial charge in [-0.2, -0.15) is 13.2 Å². The first-order valence-electron chi connectivity index (χ1n) is 5.48. The molecule has 0 aliphatic rings. The van der Waals surface area contributed by atoms with E-state index in [-0.39, 0.29) is 6.42 Å². The standard InChI is InChI=1S/C12H14F3NO3/c1-19-9-5-3-2-4-8(9)6-11(18)16-7-10(17)12(13,14)15/h2-5,10,17H,6-7H2,1H3,(H,16,18). The van der Waals surface area contributed by atoms with E-state index in [1.54, 1.807) is 24.3 Å². The lowest BCUT2D eigenvalue weighted by Gasteiger charge is -2.15. The summed E-state index contributed by atoms with van der Waals surface area (Å²) >= 11 is 0. The number of para-hydroxylation sites is 1. The van der Waals surface area contributed by atoms with Gasteiger partial charge in [0.15, 0.2) is 6.10 Å². The van der Waals surface area contributed by atoms with Crippen LogP contribution in [0.25, 0.3) is 0 Å². The number of rotatable bonds is 5. The van der Waals surface area contributed by atoms with Crippen LogP contribution in [0.2, 0.25) is 0 Å². The van der Waals surface area contributed by atoms with Gasteiger partial charge < -0.3 is 15.2 Å². The molecule has 0 saturated heterocycles. The third kappa shape index (κ3) is 4.78. The van der Waals surface area contributed by atoms with E-state index in [2.05, 4.69) is 0 Å². The molecule has 1 aromatic rings. The molecular formula is C12H14F3NO3. The molecule has 0 spiro atoms. The molecule has 19 heavy (non-hydrogen) atoms. The number of carbonyl (C=O) groups excluding carboxylic acids is 1. The number of nitrogens with one attached hydrogen (secondary N) is 1. The molecule has 0 heterocycles. The van der Waals surface area contributed by atoms with Gasteiger partial charge in [-0.25, -0.2) is 0 Å². The van der Waals surface area contributed by atoms with Crippen LogP contribution >= 0.6 is 0 Å². The molecule has 7 heteroatoms. The number of carbonyl (C=O) groups is 1. The van der Waals surface area contributed by atoms with Crippen molar-refractivity contribution in [2.24, 2.45) is 0 Å². The molecule has 1 atom stereocenters. The van der Waals surface area contributed by atoms with Crippen molar-refractivity contribution in [1.29, 1.82) is 0 Å². The van der Waals surface area contributed by atoms with E-state index in [1.807, 2.05) is 5.32 Å². The first kappa shape index (κ1) is 15.3. The fraction of sp³-hybridized carbons (Fsp3) is 0.417. The van der Waals surface area contributed by atoms with Crippen molar-refractivity contribution >= 4 is 5.91 Å². The van der Waals surface area contributed by atoms with Gasteiger partial charge in [-0.05, 0) is 6.07 Å². The topological polar surface area (TPSA) is 58.6 Å². The van der Waals surface area contributed by atoms with E-state index in [0.717, 1.165) is 0 Å². The molecule has 1 unspecified atom stereocenters. The molecule has 0 aliphatic carbocycles. The summed E-state index contributed by atoms with van der Waals surface area (Å²) < 4.78 is 41.1. The molecule has 0 saturated carbocycles. The molecule has 0 aliphatic heterocycles. The van der Waals surface area contributed by atoms with E-state index in [4.69, 9.17) is 9.84 Å². The molecule has 0 aromatic heterocycles. The molecule has 4 nitrogen and oxygen atoms in total. The fourth-order valence-electron chi connectivity index (χ4n) is 1.41. The predicted octanol–water partition coefficient (Wildman–Crippen LogP) is 1.28. The van der Waals surface area contributed by atoms with E-state index in [0.29, 0.717) is 11.3 Å². The number of hydrogen-bond donors (Lipinski definition) is 2. The van der Waals surface area contributed by atoms with Crippen molar-refractivity contribution in [2.45, 2.75) is 18.7 Å². The van der Waals surface area contributed by atoms with Crippen molar-refractivity contribution < 1.29 is 27.8 Å². The van der Waals surface area contributed by atoms with Gasteiger partial charge in [-0.1, -0.05) is 18.2 Å². The number of alkyl halides is 3. The Morgan fingerprint density at radius 2 is 2.05 bits per heavy atom. The highest BCUT2D eigenvalue weighted by Crippen LogP contribution is 2.20. The maximum absolute atomic E-state index is 12.0. The Hall–Kier alpha value is -1.76. The molecule has 0 radical (unpaired) electrons. The Kier molecular flexibility index (Phi) is 5.17. The van der Waals surface area contributed by atoms with Gasteiger partial charge in [0.05, 0.1) is 20.1 Å². The van der Waals surface area contributed by atoms with Gasteiger partial charge in [-0.3, -0.25) is 4.79 Å². The second-order valence-corrected chi connectivity index (χ2v) is 3.85. The SMILES string of the molecule is COc1ccccc1CC(=O)NCC(O)C(F)(F)F.